The Morgan fingerprint density at radius 2 is 2.10 bits per heavy atom. The summed E-state index contributed by atoms with van der Waals surface area (Å²) in [5.74, 6) is -0.907. The number of carboxylic acid groups (broad SMARTS) is 1. The molecule has 1 N–H and O–H groups in total. The highest BCUT2D eigenvalue weighted by molar-refractivity contribution is 7.99. The van der Waals surface area contributed by atoms with Crippen LogP contribution in [0.15, 0.2) is 46.3 Å². The predicted octanol–water partition coefficient (Wildman–Crippen LogP) is 4.19. The van der Waals surface area contributed by atoms with E-state index < -0.39 is 5.97 Å². The maximum absolute atomic E-state index is 11.2. The van der Waals surface area contributed by atoms with Gasteiger partial charge in [0, 0.05) is 10.6 Å². The molecule has 1 aromatic heterocycles. The minimum Gasteiger partial charge on any atom is -0.478 e. The van der Waals surface area contributed by atoms with E-state index in [2.05, 4.69) is 18.0 Å². The Labute approximate surface area is 123 Å². The summed E-state index contributed by atoms with van der Waals surface area (Å²) in [5.41, 5.74) is 2.32. The molecule has 0 bridgehead atoms. The number of aromatic nitrogens is 1. The number of carbonyl (C=O) groups is 1. The maximum atomic E-state index is 11.2. The number of nitrogens with zero attached hydrogens (tertiary/aromatic N) is 1. The van der Waals surface area contributed by atoms with E-state index in [-0.39, 0.29) is 0 Å². The van der Waals surface area contributed by atoms with Crippen molar-refractivity contribution in [1.82, 2.24) is 4.98 Å². The Morgan fingerprint density at radius 3 is 2.75 bits per heavy atom. The predicted molar refractivity (Wildman–Crippen MR) is 80.5 cm³/mol. The molecule has 0 fully saturated rings. The molecule has 4 heteroatoms. The molecule has 0 saturated heterocycles. The van der Waals surface area contributed by atoms with Gasteiger partial charge in [-0.25, -0.2) is 9.78 Å². The van der Waals surface area contributed by atoms with Crippen LogP contribution in [0.1, 0.15) is 35.0 Å². The van der Waals surface area contributed by atoms with Crippen LogP contribution in [0.4, 0.5) is 0 Å². The third kappa shape index (κ3) is 3.84. The number of benzene rings is 1. The van der Waals surface area contributed by atoms with Crippen LogP contribution >= 0.6 is 11.8 Å². The second-order valence-electron chi connectivity index (χ2n) is 4.66. The van der Waals surface area contributed by atoms with Crippen molar-refractivity contribution in [3.8, 4) is 0 Å². The van der Waals surface area contributed by atoms with Crippen molar-refractivity contribution < 1.29 is 9.90 Å². The second-order valence-corrected chi connectivity index (χ2v) is 5.75. The Hall–Kier alpha value is -1.81. The summed E-state index contributed by atoms with van der Waals surface area (Å²) in [6.07, 6.45) is 1.74. The van der Waals surface area contributed by atoms with Crippen LogP contribution in [-0.2, 0) is 6.42 Å². The average molecular weight is 287 g/mol. The van der Waals surface area contributed by atoms with Crippen LogP contribution in [0.25, 0.3) is 0 Å². The molecule has 0 amide bonds. The van der Waals surface area contributed by atoms with Gasteiger partial charge in [-0.05, 0) is 37.6 Å². The fraction of sp³-hybridized carbons (Fsp3) is 0.250. The Bertz CT molecular complexity index is 626. The van der Waals surface area contributed by atoms with Gasteiger partial charge >= 0.3 is 5.97 Å². The fourth-order valence-electron chi connectivity index (χ4n) is 1.92. The van der Waals surface area contributed by atoms with E-state index in [0.29, 0.717) is 5.56 Å². The van der Waals surface area contributed by atoms with Gasteiger partial charge in [0.05, 0.1) is 5.56 Å². The van der Waals surface area contributed by atoms with Gasteiger partial charge in [0.1, 0.15) is 5.03 Å². The molecule has 0 aliphatic heterocycles. The molecular weight excluding hydrogens is 270 g/mol. The van der Waals surface area contributed by atoms with Gasteiger partial charge in [0.25, 0.3) is 0 Å². The highest BCUT2D eigenvalue weighted by atomic mass is 32.2. The number of hydrogen-bond acceptors (Lipinski definition) is 3. The first-order valence-corrected chi connectivity index (χ1v) is 7.39. The topological polar surface area (TPSA) is 50.2 Å². The first kappa shape index (κ1) is 14.6. The smallest absolute Gasteiger partial charge is 0.335 e. The molecule has 0 aliphatic carbocycles. The van der Waals surface area contributed by atoms with Crippen LogP contribution < -0.4 is 0 Å². The Kier molecular flexibility index (Phi) is 4.79. The van der Waals surface area contributed by atoms with Crippen molar-refractivity contribution in [2.45, 2.75) is 36.6 Å². The van der Waals surface area contributed by atoms with E-state index in [1.165, 1.54) is 17.3 Å². The average Bonchev–Trinajstić information content (AvgIpc) is 2.38. The van der Waals surface area contributed by atoms with Gasteiger partial charge in [-0.3, -0.25) is 0 Å². The van der Waals surface area contributed by atoms with Gasteiger partial charge in [-0.2, -0.15) is 0 Å². The van der Waals surface area contributed by atoms with E-state index in [1.807, 2.05) is 25.1 Å². The monoisotopic (exact) mass is 287 g/mol. The maximum Gasteiger partial charge on any atom is 0.335 e. The summed E-state index contributed by atoms with van der Waals surface area (Å²) < 4.78 is 0. The first-order chi connectivity index (χ1) is 9.58. The lowest BCUT2D eigenvalue weighted by Crippen LogP contribution is -2.01. The third-order valence-electron chi connectivity index (χ3n) is 2.82. The number of rotatable bonds is 5. The van der Waals surface area contributed by atoms with Gasteiger partial charge in [0.2, 0.25) is 0 Å². The second kappa shape index (κ2) is 6.57. The molecule has 0 spiro atoms. The van der Waals surface area contributed by atoms with Crippen molar-refractivity contribution in [2.75, 3.05) is 0 Å². The van der Waals surface area contributed by atoms with Gasteiger partial charge in [0.15, 0.2) is 0 Å². The molecule has 1 heterocycles. The number of carboxylic acids is 1. The molecule has 0 unspecified atom stereocenters. The molecule has 0 atom stereocenters. The summed E-state index contributed by atoms with van der Waals surface area (Å²) >= 11 is 1.50. The van der Waals surface area contributed by atoms with Crippen LogP contribution in [0.2, 0.25) is 0 Å². The number of hydrogen-bond donors (Lipinski definition) is 1. The van der Waals surface area contributed by atoms with Crippen LogP contribution in [0, 0.1) is 6.92 Å². The minimum atomic E-state index is -0.907. The summed E-state index contributed by atoms with van der Waals surface area (Å²) in [6, 6.07) is 11.4. The van der Waals surface area contributed by atoms with E-state index in [1.54, 1.807) is 12.1 Å². The van der Waals surface area contributed by atoms with Crippen LogP contribution in [-0.4, -0.2) is 16.1 Å². The van der Waals surface area contributed by atoms with Gasteiger partial charge < -0.3 is 5.11 Å². The van der Waals surface area contributed by atoms with E-state index in [0.717, 1.165) is 28.5 Å². The van der Waals surface area contributed by atoms with Crippen LogP contribution in [0.5, 0.6) is 0 Å². The van der Waals surface area contributed by atoms with Crippen molar-refractivity contribution in [3.63, 3.8) is 0 Å². The summed E-state index contributed by atoms with van der Waals surface area (Å²) in [5, 5.41) is 9.91. The van der Waals surface area contributed by atoms with Crippen molar-refractivity contribution in [1.29, 1.82) is 0 Å². The van der Waals surface area contributed by atoms with Crippen molar-refractivity contribution in [2.24, 2.45) is 0 Å². The standard InChI is InChI=1S/C16H17NO2S/c1-3-5-13-9-12(16(18)19)10-15(17-13)20-14-7-4-6-11(2)8-14/h4,6-10H,3,5H2,1-2H3,(H,18,19). The summed E-state index contributed by atoms with van der Waals surface area (Å²) in [7, 11) is 0. The molecular formula is C16H17NO2S. The highest BCUT2D eigenvalue weighted by Crippen LogP contribution is 2.28. The molecule has 0 radical (unpaired) electrons. The highest BCUT2D eigenvalue weighted by Gasteiger charge is 2.09. The molecule has 104 valence electrons. The Morgan fingerprint density at radius 1 is 1.30 bits per heavy atom. The molecule has 20 heavy (non-hydrogen) atoms. The molecule has 1 aromatic carbocycles. The SMILES string of the molecule is CCCc1cc(C(=O)O)cc(Sc2cccc(C)c2)n1. The molecule has 3 nitrogen and oxygen atoms in total. The lowest BCUT2D eigenvalue weighted by atomic mass is 10.2. The Balaban J connectivity index is 2.32. The van der Waals surface area contributed by atoms with E-state index >= 15 is 0 Å². The fourth-order valence-corrected chi connectivity index (χ4v) is 2.90. The summed E-state index contributed by atoms with van der Waals surface area (Å²) in [4.78, 5) is 16.8. The molecule has 2 rings (SSSR count). The normalized spacial score (nSPS) is 10.5. The van der Waals surface area contributed by atoms with Gasteiger partial charge in [-0.15, -0.1) is 0 Å². The summed E-state index contributed by atoms with van der Waals surface area (Å²) in [6.45, 7) is 4.09. The number of aryl methyl sites for hydroxylation is 2. The first-order valence-electron chi connectivity index (χ1n) is 6.57. The molecule has 0 aliphatic rings. The molecule has 0 saturated carbocycles. The lowest BCUT2D eigenvalue weighted by Gasteiger charge is -2.06. The van der Waals surface area contributed by atoms with E-state index in [4.69, 9.17) is 0 Å². The number of aromatic carboxylic acids is 1. The largest absolute Gasteiger partial charge is 0.478 e. The molecule has 2 aromatic rings. The van der Waals surface area contributed by atoms with E-state index in [9.17, 15) is 9.90 Å². The number of pyridine rings is 1. The zero-order valence-electron chi connectivity index (χ0n) is 11.6. The zero-order chi connectivity index (χ0) is 14.5. The van der Waals surface area contributed by atoms with Gasteiger partial charge in [-0.1, -0.05) is 42.8 Å². The quantitative estimate of drug-likeness (QED) is 0.895. The minimum absolute atomic E-state index is 0.304. The lowest BCUT2D eigenvalue weighted by molar-refractivity contribution is 0.0696. The van der Waals surface area contributed by atoms with Crippen molar-refractivity contribution >= 4 is 17.7 Å². The van der Waals surface area contributed by atoms with Crippen LogP contribution in [0.3, 0.4) is 0 Å². The third-order valence-corrected chi connectivity index (χ3v) is 3.73. The zero-order valence-corrected chi connectivity index (χ0v) is 12.4. The van der Waals surface area contributed by atoms with Crippen molar-refractivity contribution in [3.05, 3.63) is 53.2 Å².